The van der Waals surface area contributed by atoms with Crippen molar-refractivity contribution >= 4 is 27.6 Å². The number of carbonyl (C=O) groups excluding carboxylic acids is 2. The van der Waals surface area contributed by atoms with E-state index in [0.29, 0.717) is 11.8 Å². The Hall–Kier alpha value is -0.380. The van der Waals surface area contributed by atoms with Crippen LogP contribution in [-0.2, 0) is 9.59 Å². The van der Waals surface area contributed by atoms with Gasteiger partial charge in [-0.05, 0) is 30.1 Å². The van der Waals surface area contributed by atoms with Crippen LogP contribution >= 0.6 is 15.9 Å². The van der Waals surface area contributed by atoms with Crippen molar-refractivity contribution in [3.05, 3.63) is 0 Å². The zero-order valence-electron chi connectivity index (χ0n) is 15.7. The minimum Gasteiger partial charge on any atom is -0.342 e. The van der Waals surface area contributed by atoms with Gasteiger partial charge in [0.1, 0.15) is 0 Å². The molecule has 0 aromatic rings. The van der Waals surface area contributed by atoms with E-state index >= 15 is 0 Å². The number of nitrogens with zero attached hydrogens (tertiary/aromatic N) is 1. The van der Waals surface area contributed by atoms with E-state index in [1.54, 1.807) is 0 Å². The van der Waals surface area contributed by atoms with Crippen molar-refractivity contribution in [1.29, 1.82) is 0 Å². The van der Waals surface area contributed by atoms with E-state index < -0.39 is 10.8 Å². The smallest absolute Gasteiger partial charge is 0.230 e. The maximum absolute atomic E-state index is 13.7. The van der Waals surface area contributed by atoms with Crippen LogP contribution in [0.4, 0.5) is 0 Å². The van der Waals surface area contributed by atoms with Gasteiger partial charge in [0.05, 0.1) is 10.2 Å². The fourth-order valence-electron chi connectivity index (χ4n) is 4.83. The Kier molecular flexibility index (Phi) is 4.83. The lowest BCUT2D eigenvalue weighted by Gasteiger charge is -2.43. The molecule has 0 aliphatic heterocycles. The molecular formula is C19H32BrNO2. The summed E-state index contributed by atoms with van der Waals surface area (Å²) in [6, 6.07) is 0. The lowest BCUT2D eigenvalue weighted by atomic mass is 9.64. The Morgan fingerprint density at radius 3 is 1.96 bits per heavy atom. The molecule has 2 aliphatic carbocycles. The molecule has 0 aromatic heterocycles. The van der Waals surface area contributed by atoms with Crippen LogP contribution < -0.4 is 0 Å². The van der Waals surface area contributed by atoms with Gasteiger partial charge in [-0.25, -0.2) is 0 Å². The van der Waals surface area contributed by atoms with Gasteiger partial charge < -0.3 is 4.90 Å². The molecule has 1 amide bonds. The quantitative estimate of drug-likeness (QED) is 0.661. The van der Waals surface area contributed by atoms with Crippen LogP contribution in [0.15, 0.2) is 0 Å². The maximum Gasteiger partial charge on any atom is 0.230 e. The van der Waals surface area contributed by atoms with Gasteiger partial charge >= 0.3 is 0 Å². The number of carbonyl (C=O) groups is 2. The lowest BCUT2D eigenvalue weighted by Crippen LogP contribution is -2.53. The molecule has 0 spiro atoms. The Bertz CT molecular complexity index is 503. The molecule has 132 valence electrons. The molecule has 0 aromatic carbocycles. The first-order valence-corrected chi connectivity index (χ1v) is 9.81. The molecule has 3 unspecified atom stereocenters. The van der Waals surface area contributed by atoms with Gasteiger partial charge in [-0.2, -0.15) is 0 Å². The van der Waals surface area contributed by atoms with E-state index in [1.807, 2.05) is 4.90 Å². The number of fused-ring (bicyclic) bond motifs is 2. The predicted octanol–water partition coefficient (Wildman–Crippen LogP) is 4.29. The fraction of sp³-hybridized carbons (Fsp3) is 0.895. The standard InChI is InChI=1S/C19H32BrNO2/c1-12(2)10-21(11-13(3)4)16(23)19-9-8-18(7,17(19,5)6)15(22)14(19)20/h12-14H,8-11H2,1-7H3. The van der Waals surface area contributed by atoms with E-state index in [9.17, 15) is 9.59 Å². The molecule has 0 heterocycles. The van der Waals surface area contributed by atoms with Crippen molar-refractivity contribution in [1.82, 2.24) is 4.90 Å². The molecule has 0 radical (unpaired) electrons. The van der Waals surface area contributed by atoms with E-state index in [1.165, 1.54) is 0 Å². The van der Waals surface area contributed by atoms with Gasteiger partial charge in [0, 0.05) is 18.5 Å². The number of amides is 1. The second-order valence-corrected chi connectivity index (χ2v) is 10.1. The van der Waals surface area contributed by atoms with E-state index in [0.717, 1.165) is 25.9 Å². The molecule has 0 saturated heterocycles. The lowest BCUT2D eigenvalue weighted by molar-refractivity contribution is -0.148. The number of Topliss-reactive ketones (excluding diaryl/α,β-unsaturated/α-hetero) is 1. The summed E-state index contributed by atoms with van der Waals surface area (Å²) in [5, 5.41) is 0. The number of alkyl halides is 1. The molecular weight excluding hydrogens is 354 g/mol. The Morgan fingerprint density at radius 1 is 1.13 bits per heavy atom. The third-order valence-corrected chi connectivity index (χ3v) is 7.76. The molecule has 4 heteroatoms. The summed E-state index contributed by atoms with van der Waals surface area (Å²) < 4.78 is 0. The van der Waals surface area contributed by atoms with Crippen LogP contribution in [0.25, 0.3) is 0 Å². The number of ketones is 1. The summed E-state index contributed by atoms with van der Waals surface area (Å²) in [7, 11) is 0. The van der Waals surface area contributed by atoms with Crippen LogP contribution in [0.3, 0.4) is 0 Å². The zero-order chi connectivity index (χ0) is 17.8. The topological polar surface area (TPSA) is 37.4 Å². The highest BCUT2D eigenvalue weighted by Gasteiger charge is 2.77. The van der Waals surface area contributed by atoms with Crippen LogP contribution in [0, 0.1) is 28.1 Å². The average molecular weight is 386 g/mol. The molecule has 3 nitrogen and oxygen atoms in total. The number of rotatable bonds is 5. The molecule has 2 saturated carbocycles. The van der Waals surface area contributed by atoms with Crippen LogP contribution in [0.5, 0.6) is 0 Å². The van der Waals surface area contributed by atoms with Crippen molar-refractivity contribution in [2.45, 2.75) is 66.1 Å². The van der Waals surface area contributed by atoms with Gasteiger partial charge in [-0.15, -0.1) is 0 Å². The van der Waals surface area contributed by atoms with Gasteiger partial charge in [-0.1, -0.05) is 64.4 Å². The van der Waals surface area contributed by atoms with Crippen molar-refractivity contribution in [3.63, 3.8) is 0 Å². The van der Waals surface area contributed by atoms with E-state index in [2.05, 4.69) is 64.4 Å². The maximum atomic E-state index is 13.7. The second kappa shape index (κ2) is 5.86. The number of halogens is 1. The third kappa shape index (κ3) is 2.42. The summed E-state index contributed by atoms with van der Waals surface area (Å²) >= 11 is 3.63. The summed E-state index contributed by atoms with van der Waals surface area (Å²) in [5.74, 6) is 1.25. The largest absolute Gasteiger partial charge is 0.342 e. The minimum absolute atomic E-state index is 0.182. The van der Waals surface area contributed by atoms with Crippen LogP contribution in [-0.4, -0.2) is 34.5 Å². The molecule has 2 bridgehead atoms. The highest BCUT2D eigenvalue weighted by molar-refractivity contribution is 9.10. The molecule has 2 aliphatic rings. The second-order valence-electron chi connectivity index (χ2n) is 9.15. The van der Waals surface area contributed by atoms with E-state index in [-0.39, 0.29) is 21.9 Å². The number of hydrogen-bond donors (Lipinski definition) is 0. The Morgan fingerprint density at radius 2 is 1.61 bits per heavy atom. The molecule has 2 fully saturated rings. The van der Waals surface area contributed by atoms with Crippen molar-refractivity contribution in [2.75, 3.05) is 13.1 Å². The fourth-order valence-corrected chi connectivity index (χ4v) is 6.33. The molecule has 2 rings (SSSR count). The monoisotopic (exact) mass is 385 g/mol. The zero-order valence-corrected chi connectivity index (χ0v) is 17.3. The summed E-state index contributed by atoms with van der Waals surface area (Å²) in [4.78, 5) is 28.2. The Balaban J connectivity index is 2.45. The Labute approximate surface area is 149 Å². The van der Waals surface area contributed by atoms with Gasteiger partial charge in [0.25, 0.3) is 0 Å². The first-order chi connectivity index (χ1) is 10.4. The highest BCUT2D eigenvalue weighted by atomic mass is 79.9. The SMILES string of the molecule is CC(C)CN(CC(C)C)C(=O)C12CCC(C)(C(=O)C1Br)C2(C)C. The molecule has 23 heavy (non-hydrogen) atoms. The summed E-state index contributed by atoms with van der Waals surface area (Å²) in [6.45, 7) is 16.4. The van der Waals surface area contributed by atoms with Crippen LogP contribution in [0.1, 0.15) is 61.3 Å². The first kappa shape index (κ1) is 19.0. The average Bonchev–Trinajstić information content (AvgIpc) is 2.69. The van der Waals surface area contributed by atoms with E-state index in [4.69, 9.17) is 0 Å². The normalized spacial score (nSPS) is 35.4. The van der Waals surface area contributed by atoms with Crippen molar-refractivity contribution in [2.24, 2.45) is 28.1 Å². The van der Waals surface area contributed by atoms with Gasteiger partial charge in [0.15, 0.2) is 5.78 Å². The third-order valence-electron chi connectivity index (χ3n) is 6.56. The van der Waals surface area contributed by atoms with Gasteiger partial charge in [-0.3, -0.25) is 9.59 Å². The van der Waals surface area contributed by atoms with Crippen molar-refractivity contribution < 1.29 is 9.59 Å². The van der Waals surface area contributed by atoms with Crippen LogP contribution in [0.2, 0.25) is 0 Å². The summed E-state index contributed by atoms with van der Waals surface area (Å²) in [6.07, 6.45) is 1.63. The summed E-state index contributed by atoms with van der Waals surface area (Å²) in [5.41, 5.74) is -1.30. The van der Waals surface area contributed by atoms with Gasteiger partial charge in [0.2, 0.25) is 5.91 Å². The molecule has 0 N–H and O–H groups in total. The molecule has 3 atom stereocenters. The number of hydrogen-bond acceptors (Lipinski definition) is 2. The first-order valence-electron chi connectivity index (χ1n) is 8.89. The minimum atomic E-state index is -0.595. The highest BCUT2D eigenvalue weighted by Crippen LogP contribution is 2.72. The van der Waals surface area contributed by atoms with Crippen molar-refractivity contribution in [3.8, 4) is 0 Å². The predicted molar refractivity (Wildman–Crippen MR) is 97.5 cm³/mol.